The average Bonchev–Trinajstić information content (AvgIpc) is 2.04. The molecule has 0 fully saturated rings. The summed E-state index contributed by atoms with van der Waals surface area (Å²) in [6, 6.07) is 5.70. The van der Waals surface area contributed by atoms with Crippen molar-refractivity contribution < 1.29 is 0 Å². The second-order valence-electron chi connectivity index (χ2n) is 2.80. The van der Waals surface area contributed by atoms with Gasteiger partial charge in [0.25, 0.3) is 0 Å². The van der Waals surface area contributed by atoms with Crippen LogP contribution in [0.2, 0.25) is 0 Å². The van der Waals surface area contributed by atoms with Crippen molar-refractivity contribution in [2.75, 3.05) is 0 Å². The Hall–Kier alpha value is -1.51. The zero-order valence-corrected chi connectivity index (χ0v) is 7.36. The molecule has 0 radical (unpaired) electrons. The Balaban J connectivity index is 3.25. The summed E-state index contributed by atoms with van der Waals surface area (Å²) in [4.78, 5) is 0. The molecule has 0 aromatic carbocycles. The van der Waals surface area contributed by atoms with E-state index < -0.39 is 0 Å². The van der Waals surface area contributed by atoms with Crippen molar-refractivity contribution in [1.82, 2.24) is 4.57 Å². The highest BCUT2D eigenvalue weighted by molar-refractivity contribution is 5.27. The third-order valence-electron chi connectivity index (χ3n) is 1.40. The van der Waals surface area contributed by atoms with Gasteiger partial charge in [-0.05, 0) is 26.0 Å². The minimum Gasteiger partial charge on any atom is -0.321 e. The van der Waals surface area contributed by atoms with Crippen LogP contribution in [0.4, 0.5) is 0 Å². The Morgan fingerprint density at radius 3 is 2.83 bits per heavy atom. The maximum Gasteiger partial charge on any atom is 0.156 e. The summed E-state index contributed by atoms with van der Waals surface area (Å²) < 4.78 is 1.88. The molecule has 1 rings (SSSR count). The summed E-state index contributed by atoms with van der Waals surface area (Å²) in [7, 11) is 0. The van der Waals surface area contributed by atoms with Gasteiger partial charge in [0.15, 0.2) is 5.49 Å². The van der Waals surface area contributed by atoms with E-state index in [-0.39, 0.29) is 0 Å². The Kier molecular flexibility index (Phi) is 2.69. The monoisotopic (exact) mass is 163 g/mol. The van der Waals surface area contributed by atoms with E-state index in [1.807, 2.05) is 49.0 Å². The highest BCUT2D eigenvalue weighted by atomic mass is 15.2. The molecule has 0 bridgehead atoms. The molecule has 0 saturated heterocycles. The van der Waals surface area contributed by atoms with Crippen LogP contribution in [0.1, 0.15) is 13.8 Å². The predicted octanol–water partition coefficient (Wildman–Crippen LogP) is 1.14. The molecule has 12 heavy (non-hydrogen) atoms. The molecule has 0 amide bonds. The first kappa shape index (κ1) is 8.59. The van der Waals surface area contributed by atoms with Crippen LogP contribution < -0.4 is 11.3 Å². The lowest BCUT2D eigenvalue weighted by molar-refractivity contribution is 0.951. The van der Waals surface area contributed by atoms with Crippen molar-refractivity contribution in [3.05, 3.63) is 35.5 Å². The Labute approximate surface area is 71.8 Å². The largest absolute Gasteiger partial charge is 0.321 e. The maximum absolute atomic E-state index is 5.20. The normalized spacial score (nSPS) is 11.3. The maximum atomic E-state index is 5.20. The van der Waals surface area contributed by atoms with Crippen molar-refractivity contribution in [3.63, 3.8) is 0 Å². The molecule has 0 aliphatic heterocycles. The van der Waals surface area contributed by atoms with Crippen LogP contribution in [-0.2, 0) is 0 Å². The topological polar surface area (TPSA) is 43.3 Å². The molecule has 1 aromatic rings. The average molecular weight is 163 g/mol. The molecule has 0 saturated carbocycles. The lowest BCUT2D eigenvalue weighted by Crippen LogP contribution is -2.17. The lowest BCUT2D eigenvalue weighted by Gasteiger charge is -1.99. The van der Waals surface area contributed by atoms with Crippen LogP contribution in [0.5, 0.6) is 0 Å². The van der Waals surface area contributed by atoms with Gasteiger partial charge in [0, 0.05) is 12.4 Å². The first-order valence-corrected chi connectivity index (χ1v) is 3.80. The van der Waals surface area contributed by atoms with Crippen LogP contribution in [0, 0.1) is 0 Å². The Morgan fingerprint density at radius 1 is 1.50 bits per heavy atom. The minimum absolute atomic E-state index is 0.749. The van der Waals surface area contributed by atoms with Gasteiger partial charge in [-0.25, -0.2) is 0 Å². The minimum atomic E-state index is 0.749. The number of allylic oxidation sites excluding steroid dienone is 1. The summed E-state index contributed by atoms with van der Waals surface area (Å²) in [6.07, 6.45) is 3.89. The number of hydrogen-bond donors (Lipinski definition) is 1. The van der Waals surface area contributed by atoms with E-state index in [9.17, 15) is 0 Å². The number of nitrogens with two attached hydrogens (primary N) is 1. The van der Waals surface area contributed by atoms with Crippen molar-refractivity contribution in [2.24, 2.45) is 10.9 Å². The van der Waals surface area contributed by atoms with Crippen LogP contribution in [0.25, 0.3) is 6.20 Å². The van der Waals surface area contributed by atoms with Crippen LogP contribution in [0.15, 0.2) is 35.1 Å². The van der Waals surface area contributed by atoms with Crippen molar-refractivity contribution in [2.45, 2.75) is 13.8 Å². The Bertz CT molecular complexity index is 343. The zero-order valence-electron chi connectivity index (χ0n) is 7.36. The Morgan fingerprint density at radius 2 is 2.25 bits per heavy atom. The highest BCUT2D eigenvalue weighted by Gasteiger charge is 1.85. The predicted molar refractivity (Wildman–Crippen MR) is 49.8 cm³/mol. The van der Waals surface area contributed by atoms with Crippen molar-refractivity contribution in [1.29, 1.82) is 0 Å². The molecule has 2 N–H and O–H groups in total. The molecule has 0 spiro atoms. The van der Waals surface area contributed by atoms with E-state index in [4.69, 9.17) is 5.84 Å². The summed E-state index contributed by atoms with van der Waals surface area (Å²) in [5.74, 6) is 5.20. The van der Waals surface area contributed by atoms with E-state index in [1.54, 1.807) is 0 Å². The molecule has 3 heteroatoms. The van der Waals surface area contributed by atoms with Gasteiger partial charge in [0.2, 0.25) is 0 Å². The van der Waals surface area contributed by atoms with Crippen LogP contribution in [-0.4, -0.2) is 4.57 Å². The van der Waals surface area contributed by atoms with Crippen molar-refractivity contribution >= 4 is 6.20 Å². The van der Waals surface area contributed by atoms with Gasteiger partial charge in [0.1, 0.15) is 0 Å². The van der Waals surface area contributed by atoms with E-state index >= 15 is 0 Å². The molecular weight excluding hydrogens is 150 g/mol. The molecule has 1 aromatic heterocycles. The highest BCUT2D eigenvalue weighted by Crippen LogP contribution is 1.91. The van der Waals surface area contributed by atoms with E-state index in [1.165, 1.54) is 5.57 Å². The summed E-state index contributed by atoms with van der Waals surface area (Å²) in [5.41, 5.74) is 1.95. The van der Waals surface area contributed by atoms with E-state index in [0.717, 1.165) is 5.49 Å². The second kappa shape index (κ2) is 3.76. The number of rotatable bonds is 1. The fourth-order valence-corrected chi connectivity index (χ4v) is 0.944. The van der Waals surface area contributed by atoms with Crippen LogP contribution >= 0.6 is 0 Å². The third kappa shape index (κ3) is 1.99. The summed E-state index contributed by atoms with van der Waals surface area (Å²) >= 11 is 0. The van der Waals surface area contributed by atoms with Gasteiger partial charge >= 0.3 is 0 Å². The first-order chi connectivity index (χ1) is 5.74. The second-order valence-corrected chi connectivity index (χ2v) is 2.80. The fraction of sp³-hybridized carbons (Fsp3) is 0.222. The first-order valence-electron chi connectivity index (χ1n) is 3.80. The van der Waals surface area contributed by atoms with Gasteiger partial charge in [-0.2, -0.15) is 5.10 Å². The van der Waals surface area contributed by atoms with Gasteiger partial charge in [0.05, 0.1) is 0 Å². The number of nitrogens with zero attached hydrogens (tertiary/aromatic N) is 2. The number of hydrogen-bond acceptors (Lipinski definition) is 2. The van der Waals surface area contributed by atoms with Gasteiger partial charge in [-0.15, -0.1) is 0 Å². The van der Waals surface area contributed by atoms with E-state index in [2.05, 4.69) is 5.10 Å². The molecule has 0 aliphatic rings. The van der Waals surface area contributed by atoms with Gasteiger partial charge in [-0.1, -0.05) is 11.6 Å². The van der Waals surface area contributed by atoms with E-state index in [0.29, 0.717) is 0 Å². The molecule has 3 nitrogen and oxygen atoms in total. The third-order valence-corrected chi connectivity index (χ3v) is 1.40. The van der Waals surface area contributed by atoms with Crippen molar-refractivity contribution in [3.8, 4) is 0 Å². The zero-order chi connectivity index (χ0) is 8.97. The number of aromatic nitrogens is 1. The lowest BCUT2D eigenvalue weighted by atomic mass is 10.4. The summed E-state index contributed by atoms with van der Waals surface area (Å²) in [6.45, 7) is 4.06. The quantitative estimate of drug-likeness (QED) is 0.489. The summed E-state index contributed by atoms with van der Waals surface area (Å²) in [5, 5.41) is 3.64. The SMILES string of the molecule is CC(C)=Cn1cccc/c1=N/N. The van der Waals surface area contributed by atoms with Crippen LogP contribution in [0.3, 0.4) is 0 Å². The van der Waals surface area contributed by atoms with Gasteiger partial charge in [-0.3, -0.25) is 0 Å². The molecule has 0 aliphatic carbocycles. The molecular formula is C9H13N3. The fourth-order valence-electron chi connectivity index (χ4n) is 0.944. The molecule has 64 valence electrons. The van der Waals surface area contributed by atoms with Gasteiger partial charge < -0.3 is 10.4 Å². The standard InChI is InChI=1S/C9H13N3/c1-8(2)7-12-6-4-3-5-9(12)11-10/h3-7H,10H2,1-2H3/b11-9-. The molecule has 0 atom stereocenters. The molecule has 1 heterocycles. The number of pyridine rings is 1. The smallest absolute Gasteiger partial charge is 0.156 e. The molecule has 0 unspecified atom stereocenters.